The Morgan fingerprint density at radius 1 is 1.33 bits per heavy atom. The monoisotopic (exact) mass is 247 g/mol. The van der Waals surface area contributed by atoms with Gasteiger partial charge in [0, 0.05) is 18.8 Å². The van der Waals surface area contributed by atoms with Crippen molar-refractivity contribution in [3.05, 3.63) is 18.2 Å². The summed E-state index contributed by atoms with van der Waals surface area (Å²) in [7, 11) is 0. The molecule has 2 fully saturated rings. The molecule has 0 radical (unpaired) electrons. The Morgan fingerprint density at radius 3 is 3.00 bits per heavy atom. The molecule has 2 unspecified atom stereocenters. The third-order valence-electron chi connectivity index (χ3n) is 4.47. The first kappa shape index (κ1) is 12.2. The lowest BCUT2D eigenvalue weighted by atomic mass is 9.82. The van der Waals surface area contributed by atoms with Crippen LogP contribution in [0.3, 0.4) is 0 Å². The topological polar surface area (TPSA) is 29.9 Å². The van der Waals surface area contributed by atoms with Crippen molar-refractivity contribution in [3.8, 4) is 0 Å². The average Bonchev–Trinajstić information content (AvgIpc) is 3.10. The Hall–Kier alpha value is -0.830. The van der Waals surface area contributed by atoms with Gasteiger partial charge in [-0.1, -0.05) is 19.8 Å². The molecule has 2 atom stereocenters. The van der Waals surface area contributed by atoms with Gasteiger partial charge < -0.3 is 9.88 Å². The SMILES string of the molecule is CC1CCCC(CNCc2cncn2C2CC2)C1. The minimum absolute atomic E-state index is 0.749. The molecule has 18 heavy (non-hydrogen) atoms. The van der Waals surface area contributed by atoms with Gasteiger partial charge in [-0.25, -0.2) is 4.98 Å². The Balaban J connectivity index is 1.45. The van der Waals surface area contributed by atoms with E-state index in [9.17, 15) is 0 Å². The van der Waals surface area contributed by atoms with Crippen LogP contribution in [0.25, 0.3) is 0 Å². The number of nitrogens with one attached hydrogen (secondary N) is 1. The Morgan fingerprint density at radius 2 is 2.22 bits per heavy atom. The smallest absolute Gasteiger partial charge is 0.0951 e. The van der Waals surface area contributed by atoms with E-state index in [1.54, 1.807) is 0 Å². The first-order valence-electron chi connectivity index (χ1n) is 7.54. The van der Waals surface area contributed by atoms with Gasteiger partial charge in [-0.05, 0) is 44.1 Å². The van der Waals surface area contributed by atoms with E-state index in [2.05, 4.69) is 21.8 Å². The van der Waals surface area contributed by atoms with Crippen molar-refractivity contribution < 1.29 is 0 Å². The molecule has 1 aromatic heterocycles. The standard InChI is InChI=1S/C15H25N3/c1-12-3-2-4-13(7-12)8-16-9-15-10-17-11-18(15)14-5-6-14/h10-14,16H,2-9H2,1H3. The molecule has 0 bridgehead atoms. The van der Waals surface area contributed by atoms with Gasteiger partial charge in [0.1, 0.15) is 0 Å². The summed E-state index contributed by atoms with van der Waals surface area (Å²) < 4.78 is 2.36. The first-order valence-corrected chi connectivity index (χ1v) is 7.54. The van der Waals surface area contributed by atoms with Crippen LogP contribution >= 0.6 is 0 Å². The highest BCUT2D eigenvalue weighted by Crippen LogP contribution is 2.35. The molecule has 0 spiro atoms. The molecule has 1 N–H and O–H groups in total. The van der Waals surface area contributed by atoms with Crippen molar-refractivity contribution in [1.82, 2.24) is 14.9 Å². The third kappa shape index (κ3) is 2.94. The molecule has 1 aromatic rings. The second kappa shape index (κ2) is 5.43. The summed E-state index contributed by atoms with van der Waals surface area (Å²) in [6.45, 7) is 4.57. The highest BCUT2D eigenvalue weighted by Gasteiger charge is 2.25. The van der Waals surface area contributed by atoms with Gasteiger partial charge in [0.15, 0.2) is 0 Å². The van der Waals surface area contributed by atoms with Crippen molar-refractivity contribution in [1.29, 1.82) is 0 Å². The Labute approximate surface area is 110 Å². The Kier molecular flexibility index (Phi) is 3.69. The van der Waals surface area contributed by atoms with Crippen molar-refractivity contribution in [2.45, 2.75) is 58.0 Å². The highest BCUT2D eigenvalue weighted by molar-refractivity contribution is 5.03. The van der Waals surface area contributed by atoms with Crippen LogP contribution in [-0.2, 0) is 6.54 Å². The van der Waals surface area contributed by atoms with Gasteiger partial charge in [0.25, 0.3) is 0 Å². The number of nitrogens with zero attached hydrogens (tertiary/aromatic N) is 2. The van der Waals surface area contributed by atoms with Crippen LogP contribution in [0.2, 0.25) is 0 Å². The van der Waals surface area contributed by atoms with Crippen molar-refractivity contribution in [2.75, 3.05) is 6.54 Å². The number of aromatic nitrogens is 2. The van der Waals surface area contributed by atoms with E-state index in [1.165, 1.54) is 50.8 Å². The van der Waals surface area contributed by atoms with Gasteiger partial charge in [-0.3, -0.25) is 0 Å². The van der Waals surface area contributed by atoms with Crippen LogP contribution in [-0.4, -0.2) is 16.1 Å². The van der Waals surface area contributed by atoms with Gasteiger partial charge >= 0.3 is 0 Å². The summed E-state index contributed by atoms with van der Waals surface area (Å²) >= 11 is 0. The predicted octanol–water partition coefficient (Wildman–Crippen LogP) is 3.13. The lowest BCUT2D eigenvalue weighted by Gasteiger charge is -2.26. The average molecular weight is 247 g/mol. The zero-order chi connectivity index (χ0) is 12.4. The maximum Gasteiger partial charge on any atom is 0.0951 e. The molecule has 0 aliphatic heterocycles. The molecule has 3 heteroatoms. The second-order valence-corrected chi connectivity index (χ2v) is 6.29. The van der Waals surface area contributed by atoms with Crippen LogP contribution in [0, 0.1) is 11.8 Å². The zero-order valence-corrected chi connectivity index (χ0v) is 11.4. The highest BCUT2D eigenvalue weighted by atomic mass is 15.1. The molecule has 3 rings (SSSR count). The van der Waals surface area contributed by atoms with Gasteiger partial charge in [0.05, 0.1) is 12.0 Å². The van der Waals surface area contributed by atoms with Crippen LogP contribution in [0.15, 0.2) is 12.5 Å². The van der Waals surface area contributed by atoms with Gasteiger partial charge in [0.2, 0.25) is 0 Å². The minimum atomic E-state index is 0.749. The van der Waals surface area contributed by atoms with Crippen molar-refractivity contribution in [3.63, 3.8) is 0 Å². The largest absolute Gasteiger partial charge is 0.330 e. The van der Waals surface area contributed by atoms with E-state index >= 15 is 0 Å². The molecule has 0 amide bonds. The van der Waals surface area contributed by atoms with Crippen LogP contribution in [0.4, 0.5) is 0 Å². The van der Waals surface area contributed by atoms with Gasteiger partial charge in [-0.2, -0.15) is 0 Å². The molecular weight excluding hydrogens is 222 g/mol. The van der Waals surface area contributed by atoms with E-state index in [4.69, 9.17) is 0 Å². The summed E-state index contributed by atoms with van der Waals surface area (Å²) in [6.07, 6.45) is 12.4. The van der Waals surface area contributed by atoms with E-state index < -0.39 is 0 Å². The first-order chi connectivity index (χ1) is 8.83. The summed E-state index contributed by atoms with van der Waals surface area (Å²) in [5.41, 5.74) is 1.36. The number of hydrogen-bond donors (Lipinski definition) is 1. The predicted molar refractivity (Wildman–Crippen MR) is 73.3 cm³/mol. The number of rotatable bonds is 5. The molecule has 0 saturated heterocycles. The molecular formula is C15H25N3. The Bertz CT molecular complexity index is 381. The quantitative estimate of drug-likeness (QED) is 0.866. The summed E-state index contributed by atoms with van der Waals surface area (Å²) in [4.78, 5) is 4.28. The fraction of sp³-hybridized carbons (Fsp3) is 0.800. The van der Waals surface area contributed by atoms with Crippen molar-refractivity contribution >= 4 is 0 Å². The molecule has 0 aromatic carbocycles. The second-order valence-electron chi connectivity index (χ2n) is 6.29. The maximum absolute atomic E-state index is 4.28. The summed E-state index contributed by atoms with van der Waals surface area (Å²) in [6, 6.07) is 0.749. The van der Waals surface area contributed by atoms with E-state index in [0.717, 1.165) is 24.4 Å². The minimum Gasteiger partial charge on any atom is -0.330 e. The molecule has 2 aliphatic carbocycles. The molecule has 100 valence electrons. The molecule has 2 saturated carbocycles. The fourth-order valence-electron chi connectivity index (χ4n) is 3.30. The normalized spacial score (nSPS) is 28.5. The lowest BCUT2D eigenvalue weighted by molar-refractivity contribution is 0.273. The molecule has 2 aliphatic rings. The van der Waals surface area contributed by atoms with E-state index in [-0.39, 0.29) is 0 Å². The number of hydrogen-bond acceptors (Lipinski definition) is 2. The third-order valence-corrected chi connectivity index (χ3v) is 4.47. The molecule has 3 nitrogen and oxygen atoms in total. The van der Waals surface area contributed by atoms with E-state index in [1.807, 2.05) is 12.5 Å². The number of imidazole rings is 1. The fourth-order valence-corrected chi connectivity index (χ4v) is 3.30. The van der Waals surface area contributed by atoms with Crippen LogP contribution < -0.4 is 5.32 Å². The zero-order valence-electron chi connectivity index (χ0n) is 11.4. The lowest BCUT2D eigenvalue weighted by Crippen LogP contribution is -2.27. The summed E-state index contributed by atoms with van der Waals surface area (Å²) in [5, 5.41) is 3.64. The van der Waals surface area contributed by atoms with Crippen molar-refractivity contribution in [2.24, 2.45) is 11.8 Å². The molecule has 1 heterocycles. The summed E-state index contributed by atoms with van der Waals surface area (Å²) in [5.74, 6) is 1.83. The van der Waals surface area contributed by atoms with Crippen LogP contribution in [0.1, 0.15) is 57.2 Å². The van der Waals surface area contributed by atoms with E-state index in [0.29, 0.717) is 0 Å². The van der Waals surface area contributed by atoms with Crippen LogP contribution in [0.5, 0.6) is 0 Å². The maximum atomic E-state index is 4.28. The van der Waals surface area contributed by atoms with Gasteiger partial charge in [-0.15, -0.1) is 0 Å².